The van der Waals surface area contributed by atoms with Gasteiger partial charge in [0.2, 0.25) is 15.9 Å². The Kier molecular flexibility index (Phi) is 5.65. The van der Waals surface area contributed by atoms with Crippen molar-refractivity contribution in [2.75, 3.05) is 33.3 Å². The molecule has 0 bridgehead atoms. The van der Waals surface area contributed by atoms with Crippen molar-refractivity contribution in [1.29, 1.82) is 0 Å². The van der Waals surface area contributed by atoms with Crippen LogP contribution in [0.3, 0.4) is 0 Å². The summed E-state index contributed by atoms with van der Waals surface area (Å²) >= 11 is 0. The number of likely N-dealkylation sites (tertiary alicyclic amines) is 1. The Morgan fingerprint density at radius 2 is 1.82 bits per heavy atom. The third kappa shape index (κ3) is 3.79. The predicted molar refractivity (Wildman–Crippen MR) is 108 cm³/mol. The molecule has 6 nitrogen and oxygen atoms in total. The van der Waals surface area contributed by atoms with Gasteiger partial charge in [-0.1, -0.05) is 18.6 Å². The second kappa shape index (κ2) is 8.03. The maximum Gasteiger partial charge on any atom is 0.225 e. The lowest BCUT2D eigenvalue weighted by molar-refractivity contribution is -0.138. The summed E-state index contributed by atoms with van der Waals surface area (Å²) in [5.74, 6) is 1.39. The molecule has 0 unspecified atom stereocenters. The van der Waals surface area contributed by atoms with E-state index >= 15 is 0 Å². The van der Waals surface area contributed by atoms with Gasteiger partial charge in [0.25, 0.3) is 0 Å². The number of carbonyl (C=O) groups excluding carboxylic acids is 1. The number of carbonyl (C=O) groups is 1. The molecular weight excluding hydrogens is 376 g/mol. The minimum Gasteiger partial charge on any atom is -0.497 e. The Bertz CT molecular complexity index is 804. The number of ether oxygens (including phenoxy) is 1. The Hall–Kier alpha value is -1.60. The van der Waals surface area contributed by atoms with E-state index in [0.29, 0.717) is 39.0 Å². The molecule has 154 valence electrons. The second-order valence-corrected chi connectivity index (χ2v) is 10.5. The van der Waals surface area contributed by atoms with E-state index in [0.717, 1.165) is 37.0 Å². The minimum atomic E-state index is -3.28. The standard InChI is InChI=1S/C21H30N2O4S/c1-27-19-7-5-16(6-8-19)9-14-23-15-18-10-12-22(21(24)17-3-2-4-17)13-11-20(18)28(23,25)26/h5-8,17-18,20H,2-4,9-15H2,1H3/t18-,20-/m0/s1. The highest BCUT2D eigenvalue weighted by atomic mass is 32.2. The van der Waals surface area contributed by atoms with Crippen molar-refractivity contribution < 1.29 is 17.9 Å². The lowest BCUT2D eigenvalue weighted by Crippen LogP contribution is -2.40. The smallest absolute Gasteiger partial charge is 0.225 e. The third-order valence-electron chi connectivity index (χ3n) is 6.73. The van der Waals surface area contributed by atoms with E-state index in [1.807, 2.05) is 29.2 Å². The molecule has 3 aliphatic rings. The van der Waals surface area contributed by atoms with E-state index in [-0.39, 0.29) is 23.0 Å². The lowest BCUT2D eigenvalue weighted by Gasteiger charge is -2.31. The zero-order valence-electron chi connectivity index (χ0n) is 16.5. The van der Waals surface area contributed by atoms with Crippen LogP contribution in [0.4, 0.5) is 0 Å². The molecule has 0 radical (unpaired) electrons. The fourth-order valence-corrected chi connectivity index (χ4v) is 6.93. The van der Waals surface area contributed by atoms with Crippen molar-refractivity contribution in [3.8, 4) is 5.75 Å². The SMILES string of the molecule is COc1ccc(CCN2C[C@@H]3CCN(C(=O)C4CCC4)CC[C@@H]3S2(=O)=O)cc1. The number of sulfonamides is 1. The quantitative estimate of drug-likeness (QED) is 0.753. The van der Waals surface area contributed by atoms with E-state index < -0.39 is 10.0 Å². The van der Waals surface area contributed by atoms with Crippen LogP contribution in [0, 0.1) is 11.8 Å². The van der Waals surface area contributed by atoms with Crippen LogP contribution in [0.15, 0.2) is 24.3 Å². The third-order valence-corrected chi connectivity index (χ3v) is 9.17. The largest absolute Gasteiger partial charge is 0.497 e. The number of nitrogens with zero attached hydrogens (tertiary/aromatic N) is 2. The van der Waals surface area contributed by atoms with E-state index in [1.165, 1.54) is 0 Å². The molecule has 2 saturated heterocycles. The fraction of sp³-hybridized carbons (Fsp3) is 0.667. The van der Waals surface area contributed by atoms with Gasteiger partial charge >= 0.3 is 0 Å². The van der Waals surface area contributed by atoms with Gasteiger partial charge < -0.3 is 9.64 Å². The zero-order chi connectivity index (χ0) is 19.7. The highest BCUT2D eigenvalue weighted by Gasteiger charge is 2.47. The molecule has 28 heavy (non-hydrogen) atoms. The summed E-state index contributed by atoms with van der Waals surface area (Å²) in [6.07, 6.45) is 5.22. The Morgan fingerprint density at radius 3 is 2.46 bits per heavy atom. The first-order chi connectivity index (χ1) is 13.5. The van der Waals surface area contributed by atoms with Crippen LogP contribution in [-0.4, -0.2) is 62.1 Å². The minimum absolute atomic E-state index is 0.139. The van der Waals surface area contributed by atoms with Crippen LogP contribution in [0.1, 0.15) is 37.7 Å². The first-order valence-electron chi connectivity index (χ1n) is 10.4. The van der Waals surface area contributed by atoms with Crippen LogP contribution in [0.25, 0.3) is 0 Å². The van der Waals surface area contributed by atoms with Gasteiger partial charge in [-0.2, -0.15) is 0 Å². The van der Waals surface area contributed by atoms with Crippen molar-refractivity contribution in [1.82, 2.24) is 9.21 Å². The summed E-state index contributed by atoms with van der Waals surface area (Å²) in [5.41, 5.74) is 1.11. The number of rotatable bonds is 5. The van der Waals surface area contributed by atoms with Crippen molar-refractivity contribution in [3.05, 3.63) is 29.8 Å². The van der Waals surface area contributed by atoms with Gasteiger partial charge in [-0.05, 0) is 55.7 Å². The molecule has 1 aromatic rings. The maximum atomic E-state index is 13.1. The first-order valence-corrected chi connectivity index (χ1v) is 11.9. The summed E-state index contributed by atoms with van der Waals surface area (Å²) in [7, 11) is -1.65. The van der Waals surface area contributed by atoms with E-state index in [2.05, 4.69) is 0 Å². The topological polar surface area (TPSA) is 66.9 Å². The molecule has 2 aliphatic heterocycles. The van der Waals surface area contributed by atoms with E-state index in [1.54, 1.807) is 11.4 Å². The average Bonchev–Trinajstić information content (AvgIpc) is 2.79. The second-order valence-electron chi connectivity index (χ2n) is 8.33. The number of methoxy groups -OCH3 is 1. The van der Waals surface area contributed by atoms with Gasteiger partial charge in [0, 0.05) is 32.1 Å². The number of fused-ring (bicyclic) bond motifs is 1. The highest BCUT2D eigenvalue weighted by molar-refractivity contribution is 7.90. The van der Waals surface area contributed by atoms with Crippen LogP contribution in [-0.2, 0) is 21.2 Å². The molecule has 1 aliphatic carbocycles. The van der Waals surface area contributed by atoms with E-state index in [4.69, 9.17) is 4.74 Å². The summed E-state index contributed by atoms with van der Waals surface area (Å²) in [5, 5.41) is -0.331. The van der Waals surface area contributed by atoms with E-state index in [9.17, 15) is 13.2 Å². The molecular formula is C21H30N2O4S. The zero-order valence-corrected chi connectivity index (χ0v) is 17.4. The van der Waals surface area contributed by atoms with Crippen LogP contribution in [0.5, 0.6) is 5.75 Å². The molecule has 1 saturated carbocycles. The molecule has 4 rings (SSSR count). The molecule has 1 aromatic carbocycles. The highest BCUT2D eigenvalue weighted by Crippen LogP contribution is 2.36. The Labute approximate surface area is 167 Å². The molecule has 7 heteroatoms. The van der Waals surface area contributed by atoms with Crippen molar-refractivity contribution in [3.63, 3.8) is 0 Å². The van der Waals surface area contributed by atoms with Gasteiger partial charge in [0.1, 0.15) is 5.75 Å². The first kappa shape index (κ1) is 19.7. The normalized spacial score (nSPS) is 27.7. The van der Waals surface area contributed by atoms with Gasteiger partial charge in [-0.25, -0.2) is 12.7 Å². The van der Waals surface area contributed by atoms with Gasteiger partial charge in [-0.3, -0.25) is 4.79 Å². The number of amides is 1. The molecule has 1 amide bonds. The summed E-state index contributed by atoms with van der Waals surface area (Å²) in [4.78, 5) is 14.5. The molecule has 2 heterocycles. The number of hydrogen-bond acceptors (Lipinski definition) is 4. The van der Waals surface area contributed by atoms with Crippen molar-refractivity contribution >= 4 is 15.9 Å². The van der Waals surface area contributed by atoms with Gasteiger partial charge in [-0.15, -0.1) is 0 Å². The molecule has 2 atom stereocenters. The molecule has 0 N–H and O–H groups in total. The van der Waals surface area contributed by atoms with Crippen LogP contribution < -0.4 is 4.74 Å². The number of benzene rings is 1. The summed E-state index contributed by atoms with van der Waals surface area (Å²) in [6, 6.07) is 7.80. The molecule has 3 fully saturated rings. The number of hydrogen-bond donors (Lipinski definition) is 0. The van der Waals surface area contributed by atoms with Gasteiger partial charge in [0.15, 0.2) is 0 Å². The van der Waals surface area contributed by atoms with Crippen LogP contribution >= 0.6 is 0 Å². The molecule has 0 spiro atoms. The summed E-state index contributed by atoms with van der Waals surface area (Å²) in [6.45, 7) is 2.40. The lowest BCUT2D eigenvalue weighted by atomic mass is 9.84. The maximum absolute atomic E-state index is 13.1. The fourth-order valence-electron chi connectivity index (χ4n) is 4.69. The van der Waals surface area contributed by atoms with Crippen LogP contribution in [0.2, 0.25) is 0 Å². The summed E-state index contributed by atoms with van der Waals surface area (Å²) < 4.78 is 33.0. The van der Waals surface area contributed by atoms with Crippen molar-refractivity contribution in [2.24, 2.45) is 11.8 Å². The average molecular weight is 407 g/mol. The monoisotopic (exact) mass is 406 g/mol. The predicted octanol–water partition coefficient (Wildman–Crippen LogP) is 2.29. The Morgan fingerprint density at radius 1 is 1.11 bits per heavy atom. The Balaban J connectivity index is 1.36. The van der Waals surface area contributed by atoms with Gasteiger partial charge in [0.05, 0.1) is 12.4 Å². The van der Waals surface area contributed by atoms with Crippen molar-refractivity contribution in [2.45, 2.75) is 43.8 Å². The molecule has 0 aromatic heterocycles.